The van der Waals surface area contributed by atoms with Crippen LogP contribution in [0.15, 0.2) is 59.2 Å². The molecule has 0 spiro atoms. The summed E-state index contributed by atoms with van der Waals surface area (Å²) in [5.41, 5.74) is 2.78. The molecule has 0 radical (unpaired) electrons. The van der Waals surface area contributed by atoms with Crippen LogP contribution in [0.1, 0.15) is 17.2 Å². The number of ether oxygens (including phenoxy) is 1. The molecular formula is C21H24N2O3. The van der Waals surface area contributed by atoms with Crippen LogP contribution in [-0.2, 0) is 11.2 Å². The van der Waals surface area contributed by atoms with Gasteiger partial charge in [0.05, 0.1) is 25.8 Å². The number of benzene rings is 2. The minimum atomic E-state index is -0.0219. The fourth-order valence-corrected chi connectivity index (χ4v) is 3.05. The topological polar surface area (TPSA) is 54.7 Å². The molecule has 26 heavy (non-hydrogen) atoms. The van der Waals surface area contributed by atoms with Crippen LogP contribution in [0.25, 0.3) is 11.0 Å². The van der Waals surface area contributed by atoms with Crippen molar-refractivity contribution in [3.63, 3.8) is 0 Å². The minimum absolute atomic E-state index is 0.0219. The molecule has 0 bridgehead atoms. The summed E-state index contributed by atoms with van der Waals surface area (Å²) in [4.78, 5) is 14.5. The predicted molar refractivity (Wildman–Crippen MR) is 102 cm³/mol. The highest BCUT2D eigenvalue weighted by molar-refractivity contribution is 5.88. The molecular weight excluding hydrogens is 328 g/mol. The zero-order chi connectivity index (χ0) is 18.5. The molecule has 0 aliphatic heterocycles. The Labute approximate surface area is 153 Å². The van der Waals surface area contributed by atoms with E-state index in [1.807, 2.05) is 50.5 Å². The fourth-order valence-electron chi connectivity index (χ4n) is 3.05. The van der Waals surface area contributed by atoms with Gasteiger partial charge >= 0.3 is 0 Å². The lowest BCUT2D eigenvalue weighted by Gasteiger charge is -2.25. The number of likely N-dealkylation sites (N-methyl/N-ethyl adjacent to an activating group) is 1. The Bertz CT molecular complexity index is 871. The highest BCUT2D eigenvalue weighted by atomic mass is 16.5. The Hall–Kier alpha value is -2.79. The molecule has 0 aliphatic rings. The van der Waals surface area contributed by atoms with Gasteiger partial charge in [0.1, 0.15) is 11.3 Å². The van der Waals surface area contributed by atoms with Gasteiger partial charge in [-0.05, 0) is 31.8 Å². The van der Waals surface area contributed by atoms with E-state index >= 15 is 0 Å². The molecule has 5 heteroatoms. The second kappa shape index (κ2) is 8.06. The van der Waals surface area contributed by atoms with Crippen molar-refractivity contribution in [2.75, 3.05) is 27.7 Å². The molecule has 1 N–H and O–H groups in total. The number of rotatable bonds is 7. The molecule has 2 aromatic carbocycles. The van der Waals surface area contributed by atoms with E-state index in [1.165, 1.54) is 5.56 Å². The van der Waals surface area contributed by atoms with Gasteiger partial charge in [-0.2, -0.15) is 0 Å². The van der Waals surface area contributed by atoms with Gasteiger partial charge in [0.2, 0.25) is 5.91 Å². The third-order valence-electron chi connectivity index (χ3n) is 4.51. The maximum absolute atomic E-state index is 12.4. The Morgan fingerprint density at radius 3 is 2.65 bits per heavy atom. The van der Waals surface area contributed by atoms with E-state index < -0.39 is 0 Å². The first-order valence-electron chi connectivity index (χ1n) is 8.60. The quantitative estimate of drug-likeness (QED) is 0.708. The van der Waals surface area contributed by atoms with Crippen LogP contribution >= 0.6 is 0 Å². The Balaban J connectivity index is 1.65. The van der Waals surface area contributed by atoms with E-state index in [0.29, 0.717) is 6.54 Å². The smallest absolute Gasteiger partial charge is 0.224 e. The van der Waals surface area contributed by atoms with Gasteiger partial charge in [0, 0.05) is 23.6 Å². The third kappa shape index (κ3) is 4.06. The minimum Gasteiger partial charge on any atom is -0.497 e. The van der Waals surface area contributed by atoms with Crippen LogP contribution in [0.5, 0.6) is 5.75 Å². The van der Waals surface area contributed by atoms with Crippen LogP contribution in [0.3, 0.4) is 0 Å². The van der Waals surface area contributed by atoms with Gasteiger partial charge in [-0.1, -0.05) is 30.3 Å². The van der Waals surface area contributed by atoms with Crippen molar-refractivity contribution >= 4 is 16.9 Å². The molecule has 3 aromatic rings. The molecule has 0 saturated carbocycles. The van der Waals surface area contributed by atoms with Gasteiger partial charge < -0.3 is 19.4 Å². The highest BCUT2D eigenvalue weighted by Crippen LogP contribution is 2.26. The zero-order valence-electron chi connectivity index (χ0n) is 15.4. The monoisotopic (exact) mass is 352 g/mol. The van der Waals surface area contributed by atoms with Gasteiger partial charge in [-0.3, -0.25) is 4.79 Å². The van der Waals surface area contributed by atoms with Crippen molar-refractivity contribution < 1.29 is 13.9 Å². The van der Waals surface area contributed by atoms with Crippen molar-refractivity contribution in [3.05, 3.63) is 65.9 Å². The van der Waals surface area contributed by atoms with Crippen molar-refractivity contribution in [2.45, 2.75) is 12.5 Å². The number of fused-ring (bicyclic) bond motifs is 1. The molecule has 1 amide bonds. The average molecular weight is 352 g/mol. The molecule has 0 aliphatic carbocycles. The summed E-state index contributed by atoms with van der Waals surface area (Å²) in [5.74, 6) is 0.714. The number of nitrogens with one attached hydrogen (secondary N) is 1. The van der Waals surface area contributed by atoms with Crippen molar-refractivity contribution in [3.8, 4) is 5.75 Å². The van der Waals surface area contributed by atoms with Crippen LogP contribution in [0, 0.1) is 0 Å². The molecule has 5 nitrogen and oxygen atoms in total. The van der Waals surface area contributed by atoms with E-state index in [1.54, 1.807) is 13.4 Å². The van der Waals surface area contributed by atoms with E-state index in [4.69, 9.17) is 9.15 Å². The van der Waals surface area contributed by atoms with E-state index in [9.17, 15) is 4.79 Å². The maximum atomic E-state index is 12.4. The number of amides is 1. The van der Waals surface area contributed by atoms with E-state index in [2.05, 4.69) is 22.3 Å². The van der Waals surface area contributed by atoms with Gasteiger partial charge in [-0.15, -0.1) is 0 Å². The summed E-state index contributed by atoms with van der Waals surface area (Å²) in [6.45, 7) is 0.555. The number of carbonyl (C=O) groups excluding carboxylic acids is 1. The van der Waals surface area contributed by atoms with Crippen LogP contribution in [-0.4, -0.2) is 38.6 Å². The summed E-state index contributed by atoms with van der Waals surface area (Å²) >= 11 is 0. The highest BCUT2D eigenvalue weighted by Gasteiger charge is 2.16. The van der Waals surface area contributed by atoms with Crippen molar-refractivity contribution in [2.24, 2.45) is 0 Å². The van der Waals surface area contributed by atoms with Crippen molar-refractivity contribution in [1.82, 2.24) is 10.2 Å². The van der Waals surface area contributed by atoms with Gasteiger partial charge in [0.25, 0.3) is 0 Å². The molecule has 1 aromatic heterocycles. The summed E-state index contributed by atoms with van der Waals surface area (Å²) in [7, 11) is 5.65. The van der Waals surface area contributed by atoms with E-state index in [-0.39, 0.29) is 18.4 Å². The first-order chi connectivity index (χ1) is 12.6. The van der Waals surface area contributed by atoms with Crippen LogP contribution in [0.2, 0.25) is 0 Å². The molecule has 0 fully saturated rings. The summed E-state index contributed by atoms with van der Waals surface area (Å²) in [5, 5.41) is 3.98. The lowest BCUT2D eigenvalue weighted by atomic mass is 10.1. The second-order valence-corrected chi connectivity index (χ2v) is 6.49. The Kier molecular flexibility index (Phi) is 5.58. The number of hydrogen-bond donors (Lipinski definition) is 1. The van der Waals surface area contributed by atoms with Crippen LogP contribution < -0.4 is 10.1 Å². The average Bonchev–Trinajstić information content (AvgIpc) is 3.04. The molecule has 136 valence electrons. The summed E-state index contributed by atoms with van der Waals surface area (Å²) in [6.07, 6.45) is 1.93. The normalized spacial score (nSPS) is 12.3. The number of hydrogen-bond acceptors (Lipinski definition) is 4. The third-order valence-corrected chi connectivity index (χ3v) is 4.51. The van der Waals surface area contributed by atoms with Crippen LogP contribution in [0.4, 0.5) is 0 Å². The first kappa shape index (κ1) is 18.0. The number of nitrogens with zero attached hydrogens (tertiary/aromatic N) is 1. The molecule has 0 saturated heterocycles. The molecule has 1 unspecified atom stereocenters. The summed E-state index contributed by atoms with van der Waals surface area (Å²) < 4.78 is 10.8. The first-order valence-corrected chi connectivity index (χ1v) is 8.60. The molecule has 1 heterocycles. The Morgan fingerprint density at radius 2 is 1.96 bits per heavy atom. The lowest BCUT2D eigenvalue weighted by Crippen LogP contribution is -2.35. The lowest BCUT2D eigenvalue weighted by molar-refractivity contribution is -0.120. The predicted octanol–water partition coefficient (Wildman–Crippen LogP) is 3.40. The zero-order valence-corrected chi connectivity index (χ0v) is 15.4. The van der Waals surface area contributed by atoms with Gasteiger partial charge in [-0.25, -0.2) is 0 Å². The Morgan fingerprint density at radius 1 is 1.19 bits per heavy atom. The number of furan rings is 1. The van der Waals surface area contributed by atoms with Gasteiger partial charge in [0.15, 0.2) is 0 Å². The largest absolute Gasteiger partial charge is 0.497 e. The van der Waals surface area contributed by atoms with E-state index in [0.717, 1.165) is 22.3 Å². The fraction of sp³-hybridized carbons (Fsp3) is 0.286. The molecule has 1 atom stereocenters. The molecule has 3 rings (SSSR count). The SMILES string of the molecule is COc1ccc2c(CC(=O)NCC(c3ccccc3)N(C)C)coc2c1. The standard InChI is InChI=1S/C21H24N2O3/c1-23(2)19(15-7-5-4-6-8-15)13-22-21(24)11-16-14-26-20-12-17(25-3)9-10-18(16)20/h4-10,12,14,19H,11,13H2,1-3H3,(H,22,24). The number of methoxy groups -OCH3 is 1. The summed E-state index contributed by atoms with van der Waals surface area (Å²) in [6, 6.07) is 15.9. The second-order valence-electron chi connectivity index (χ2n) is 6.49. The van der Waals surface area contributed by atoms with Crippen molar-refractivity contribution in [1.29, 1.82) is 0 Å². The number of carbonyl (C=O) groups is 1. The maximum Gasteiger partial charge on any atom is 0.224 e.